The Morgan fingerprint density at radius 1 is 1.50 bits per heavy atom. The van der Waals surface area contributed by atoms with Gasteiger partial charge < -0.3 is 10.1 Å². The topological polar surface area (TPSA) is 38.3 Å². The van der Waals surface area contributed by atoms with Crippen LogP contribution in [0.3, 0.4) is 0 Å². The van der Waals surface area contributed by atoms with Crippen molar-refractivity contribution in [3.05, 3.63) is 0 Å². The number of halogens is 1. The predicted molar refractivity (Wildman–Crippen MR) is 64.8 cm³/mol. The number of nitrogens with one attached hydrogen (secondary N) is 1. The molecule has 0 radical (unpaired) electrons. The van der Waals surface area contributed by atoms with Crippen molar-refractivity contribution in [3.8, 4) is 0 Å². The maximum Gasteiger partial charge on any atom is 0.407 e. The van der Waals surface area contributed by atoms with Crippen LogP contribution in [0.25, 0.3) is 0 Å². The van der Waals surface area contributed by atoms with Crippen molar-refractivity contribution in [1.82, 2.24) is 5.32 Å². The van der Waals surface area contributed by atoms with Gasteiger partial charge in [0.1, 0.15) is 5.60 Å². The molecule has 1 N–H and O–H groups in total. The highest BCUT2D eigenvalue weighted by Crippen LogP contribution is 2.29. The van der Waals surface area contributed by atoms with E-state index in [1.807, 2.05) is 20.8 Å². The monoisotopic (exact) mass is 311 g/mol. The Balaban J connectivity index is 2.17. The molecule has 0 aromatic heterocycles. The van der Waals surface area contributed by atoms with Crippen LogP contribution in [0, 0.1) is 5.92 Å². The third-order valence-electron chi connectivity index (χ3n) is 2.17. The van der Waals surface area contributed by atoms with Crippen molar-refractivity contribution in [2.75, 3.05) is 4.43 Å². The smallest absolute Gasteiger partial charge is 0.407 e. The van der Waals surface area contributed by atoms with Gasteiger partial charge in [0.15, 0.2) is 0 Å². The minimum absolute atomic E-state index is 0.283. The van der Waals surface area contributed by atoms with Crippen LogP contribution in [0.15, 0.2) is 0 Å². The fraction of sp³-hybridized carbons (Fsp3) is 0.900. The van der Waals surface area contributed by atoms with Crippen molar-refractivity contribution < 1.29 is 9.53 Å². The average molecular weight is 311 g/mol. The summed E-state index contributed by atoms with van der Waals surface area (Å²) in [5.41, 5.74) is -0.392. The molecule has 4 heteroatoms. The Morgan fingerprint density at radius 2 is 2.07 bits per heavy atom. The van der Waals surface area contributed by atoms with Gasteiger partial charge in [0.05, 0.1) is 0 Å². The van der Waals surface area contributed by atoms with Crippen molar-refractivity contribution in [1.29, 1.82) is 0 Å². The Labute approximate surface area is 99.1 Å². The van der Waals surface area contributed by atoms with E-state index in [0.29, 0.717) is 6.04 Å². The highest BCUT2D eigenvalue weighted by molar-refractivity contribution is 14.1. The minimum Gasteiger partial charge on any atom is -0.444 e. The summed E-state index contributed by atoms with van der Waals surface area (Å²) < 4.78 is 6.35. The molecule has 14 heavy (non-hydrogen) atoms. The lowest BCUT2D eigenvalue weighted by molar-refractivity contribution is 0.0460. The van der Waals surface area contributed by atoms with E-state index in [9.17, 15) is 4.79 Å². The fourth-order valence-corrected chi connectivity index (χ4v) is 2.17. The van der Waals surface area contributed by atoms with E-state index in [4.69, 9.17) is 4.74 Å². The van der Waals surface area contributed by atoms with Gasteiger partial charge in [-0.15, -0.1) is 0 Å². The van der Waals surface area contributed by atoms with Crippen LogP contribution in [0.4, 0.5) is 4.79 Å². The molecule has 0 spiro atoms. The highest BCUT2D eigenvalue weighted by Gasteiger charge is 2.30. The number of hydrogen-bond acceptors (Lipinski definition) is 2. The first-order valence-corrected chi connectivity index (χ1v) is 6.49. The summed E-state index contributed by atoms with van der Waals surface area (Å²) >= 11 is 2.39. The molecule has 0 heterocycles. The Hall–Kier alpha value is 0. The SMILES string of the molecule is CC(C)(C)OC(=O)NC1CC(CI)C1. The summed E-state index contributed by atoms with van der Waals surface area (Å²) in [5, 5.41) is 2.87. The Morgan fingerprint density at radius 3 is 2.50 bits per heavy atom. The molecule has 3 nitrogen and oxygen atoms in total. The molecule has 1 saturated carbocycles. The third kappa shape index (κ3) is 4.02. The Kier molecular flexibility index (Phi) is 4.04. The maximum absolute atomic E-state index is 11.3. The first-order chi connectivity index (χ1) is 6.40. The van der Waals surface area contributed by atoms with E-state index >= 15 is 0 Å². The molecule has 0 unspecified atom stereocenters. The molecule has 1 rings (SSSR count). The molecule has 0 bridgehead atoms. The zero-order valence-corrected chi connectivity index (χ0v) is 11.1. The van der Waals surface area contributed by atoms with E-state index < -0.39 is 5.60 Å². The van der Waals surface area contributed by atoms with Crippen LogP contribution in [0.5, 0.6) is 0 Å². The molecule has 1 amide bonds. The van der Waals surface area contributed by atoms with Crippen molar-refractivity contribution in [2.45, 2.75) is 45.3 Å². The highest BCUT2D eigenvalue weighted by atomic mass is 127. The molecular weight excluding hydrogens is 293 g/mol. The summed E-state index contributed by atoms with van der Waals surface area (Å²) in [6.45, 7) is 5.63. The fourth-order valence-electron chi connectivity index (χ4n) is 1.45. The number of amides is 1. The summed E-state index contributed by atoms with van der Waals surface area (Å²) in [6.07, 6.45) is 1.92. The van der Waals surface area contributed by atoms with Gasteiger partial charge in [0.25, 0.3) is 0 Å². The summed E-state index contributed by atoms with van der Waals surface area (Å²) in [7, 11) is 0. The first kappa shape index (κ1) is 12.1. The van der Waals surface area contributed by atoms with Crippen LogP contribution in [-0.2, 0) is 4.74 Å². The summed E-state index contributed by atoms with van der Waals surface area (Å²) in [6, 6.07) is 0.338. The van der Waals surface area contributed by atoms with Crippen LogP contribution < -0.4 is 5.32 Å². The summed E-state index contributed by atoms with van der Waals surface area (Å²) in [4.78, 5) is 11.3. The van der Waals surface area contributed by atoms with E-state index in [1.165, 1.54) is 4.43 Å². The van der Waals surface area contributed by atoms with E-state index in [0.717, 1.165) is 18.8 Å². The largest absolute Gasteiger partial charge is 0.444 e. The van der Waals surface area contributed by atoms with Crippen LogP contribution in [0.2, 0.25) is 0 Å². The number of alkyl halides is 1. The predicted octanol–water partition coefficient (Wildman–Crippen LogP) is 2.72. The molecule has 1 aliphatic carbocycles. The molecule has 0 saturated heterocycles. The molecule has 0 aromatic rings. The molecule has 0 atom stereocenters. The third-order valence-corrected chi connectivity index (χ3v) is 3.42. The lowest BCUT2D eigenvalue weighted by Crippen LogP contribution is -2.46. The van der Waals surface area contributed by atoms with Gasteiger partial charge in [0.2, 0.25) is 0 Å². The molecule has 0 aliphatic heterocycles. The second kappa shape index (κ2) is 4.68. The van der Waals surface area contributed by atoms with E-state index in [-0.39, 0.29) is 6.09 Å². The van der Waals surface area contributed by atoms with Gasteiger partial charge in [-0.2, -0.15) is 0 Å². The first-order valence-electron chi connectivity index (χ1n) is 4.96. The van der Waals surface area contributed by atoms with E-state index in [2.05, 4.69) is 27.9 Å². The van der Waals surface area contributed by atoms with Gasteiger partial charge in [-0.05, 0) is 39.5 Å². The number of ether oxygens (including phenoxy) is 1. The normalized spacial score (nSPS) is 26.6. The van der Waals surface area contributed by atoms with Gasteiger partial charge in [-0.25, -0.2) is 4.79 Å². The lowest BCUT2D eigenvalue weighted by atomic mass is 9.82. The second-order valence-electron chi connectivity index (χ2n) is 4.83. The van der Waals surface area contributed by atoms with Crippen molar-refractivity contribution in [2.24, 2.45) is 5.92 Å². The molecule has 1 fully saturated rings. The Bertz CT molecular complexity index is 207. The summed E-state index contributed by atoms with van der Waals surface area (Å²) in [5.74, 6) is 0.788. The number of carbonyl (C=O) groups is 1. The van der Waals surface area contributed by atoms with Gasteiger partial charge >= 0.3 is 6.09 Å². The number of hydrogen-bond donors (Lipinski definition) is 1. The van der Waals surface area contributed by atoms with Crippen molar-refractivity contribution >= 4 is 28.7 Å². The van der Waals surface area contributed by atoms with Gasteiger partial charge in [-0.3, -0.25) is 0 Å². The van der Waals surface area contributed by atoms with Gasteiger partial charge in [0, 0.05) is 10.5 Å². The average Bonchev–Trinajstić information content (AvgIpc) is 1.91. The molecular formula is C10H18INO2. The van der Waals surface area contributed by atoms with Gasteiger partial charge in [-0.1, -0.05) is 22.6 Å². The molecule has 82 valence electrons. The maximum atomic E-state index is 11.3. The minimum atomic E-state index is -0.392. The zero-order chi connectivity index (χ0) is 10.8. The standard InChI is InChI=1S/C10H18INO2/c1-10(2,3)14-9(13)12-8-4-7(5-8)6-11/h7-8H,4-6H2,1-3H3,(H,12,13). The van der Waals surface area contributed by atoms with Crippen molar-refractivity contribution in [3.63, 3.8) is 0 Å². The number of alkyl carbamates (subject to hydrolysis) is 1. The molecule has 0 aromatic carbocycles. The lowest BCUT2D eigenvalue weighted by Gasteiger charge is -2.35. The second-order valence-corrected chi connectivity index (χ2v) is 5.72. The van der Waals surface area contributed by atoms with E-state index in [1.54, 1.807) is 0 Å². The molecule has 1 aliphatic rings. The van der Waals surface area contributed by atoms with Crippen LogP contribution in [0.1, 0.15) is 33.6 Å². The number of rotatable bonds is 2. The zero-order valence-electron chi connectivity index (χ0n) is 8.97. The van der Waals surface area contributed by atoms with Crippen LogP contribution >= 0.6 is 22.6 Å². The van der Waals surface area contributed by atoms with Crippen LogP contribution in [-0.4, -0.2) is 22.2 Å². The quantitative estimate of drug-likeness (QED) is 0.629. The number of carbonyl (C=O) groups excluding carboxylic acids is 1.